The summed E-state index contributed by atoms with van der Waals surface area (Å²) in [6.45, 7) is 7.45. The molecule has 0 unspecified atom stereocenters. The highest BCUT2D eigenvalue weighted by Gasteiger charge is 2.19. The van der Waals surface area contributed by atoms with E-state index in [0.29, 0.717) is 12.1 Å². The van der Waals surface area contributed by atoms with E-state index >= 15 is 0 Å². The third-order valence-electron chi connectivity index (χ3n) is 4.69. The summed E-state index contributed by atoms with van der Waals surface area (Å²) in [4.78, 5) is 20.5. The molecule has 3 rings (SSSR count). The number of rotatable bonds is 7. The standard InChI is InChI=1S/C24H27FN6O2/c1-5-17(14-28-23(32)33-24(2,3)4)29-22-19(25)12-16(13-26)21(31-22)30-18-8-9-20-15(11-18)7-6-10-27-20/h6-12,17H,5,14H2,1-4H3,(H,28,32)(H2,29,30,31)/t17-/m1/s1. The molecular formula is C24H27FN6O2. The van der Waals surface area contributed by atoms with E-state index in [1.807, 2.05) is 43.3 Å². The molecule has 0 fully saturated rings. The van der Waals surface area contributed by atoms with Crippen molar-refractivity contribution in [1.29, 1.82) is 5.26 Å². The fourth-order valence-corrected chi connectivity index (χ4v) is 3.07. The van der Waals surface area contributed by atoms with Gasteiger partial charge in [0.15, 0.2) is 17.5 Å². The van der Waals surface area contributed by atoms with E-state index in [4.69, 9.17) is 4.74 Å². The maximum Gasteiger partial charge on any atom is 0.407 e. The van der Waals surface area contributed by atoms with Crippen molar-refractivity contribution in [3.05, 3.63) is 54.0 Å². The van der Waals surface area contributed by atoms with Crippen LogP contribution in [0.25, 0.3) is 10.9 Å². The molecule has 0 radical (unpaired) electrons. The Morgan fingerprint density at radius 1 is 1.24 bits per heavy atom. The second-order valence-corrected chi connectivity index (χ2v) is 8.49. The molecule has 3 N–H and O–H groups in total. The Kier molecular flexibility index (Phi) is 7.28. The number of aromatic nitrogens is 2. The minimum absolute atomic E-state index is 0.0169. The molecule has 0 saturated carbocycles. The zero-order chi connectivity index (χ0) is 24.0. The van der Waals surface area contributed by atoms with Gasteiger partial charge in [-0.2, -0.15) is 5.26 Å². The van der Waals surface area contributed by atoms with Crippen molar-refractivity contribution in [2.24, 2.45) is 0 Å². The van der Waals surface area contributed by atoms with E-state index in [0.717, 1.165) is 17.0 Å². The van der Waals surface area contributed by atoms with Crippen molar-refractivity contribution < 1.29 is 13.9 Å². The first kappa shape index (κ1) is 23.7. The topological polar surface area (TPSA) is 112 Å². The van der Waals surface area contributed by atoms with E-state index in [9.17, 15) is 14.4 Å². The lowest BCUT2D eigenvalue weighted by atomic mass is 10.2. The second kappa shape index (κ2) is 10.1. The summed E-state index contributed by atoms with van der Waals surface area (Å²) in [5.74, 6) is -0.452. The molecule has 1 atom stereocenters. The fourth-order valence-electron chi connectivity index (χ4n) is 3.07. The zero-order valence-corrected chi connectivity index (χ0v) is 19.1. The Labute approximate surface area is 192 Å². The molecule has 33 heavy (non-hydrogen) atoms. The number of alkyl carbamates (subject to hydrolysis) is 1. The summed E-state index contributed by atoms with van der Waals surface area (Å²) in [6.07, 6.45) is 1.76. The third-order valence-corrected chi connectivity index (χ3v) is 4.69. The van der Waals surface area contributed by atoms with Gasteiger partial charge in [-0.1, -0.05) is 13.0 Å². The van der Waals surface area contributed by atoms with Gasteiger partial charge in [-0.3, -0.25) is 4.98 Å². The van der Waals surface area contributed by atoms with E-state index in [2.05, 4.69) is 25.9 Å². The van der Waals surface area contributed by atoms with Crippen LogP contribution in [0.15, 0.2) is 42.6 Å². The number of halogens is 1. The molecule has 3 aromatic rings. The van der Waals surface area contributed by atoms with Crippen molar-refractivity contribution in [1.82, 2.24) is 15.3 Å². The molecule has 1 amide bonds. The van der Waals surface area contributed by atoms with Crippen LogP contribution in [0.5, 0.6) is 0 Å². The Balaban J connectivity index is 1.77. The molecule has 0 spiro atoms. The molecule has 8 nitrogen and oxygen atoms in total. The minimum Gasteiger partial charge on any atom is -0.444 e. The SMILES string of the molecule is CC[C@H](CNC(=O)OC(C)(C)C)Nc1nc(Nc2ccc3ncccc3c2)c(C#N)cc1F. The number of carbonyl (C=O) groups excluding carboxylic acids is 1. The number of pyridine rings is 2. The summed E-state index contributed by atoms with van der Waals surface area (Å²) in [5, 5.41) is 19.2. The maximum absolute atomic E-state index is 14.7. The molecule has 0 aliphatic heterocycles. The monoisotopic (exact) mass is 450 g/mol. The number of nitriles is 1. The number of amides is 1. The lowest BCUT2D eigenvalue weighted by molar-refractivity contribution is 0.0525. The highest BCUT2D eigenvalue weighted by atomic mass is 19.1. The molecule has 2 aromatic heterocycles. The maximum atomic E-state index is 14.7. The summed E-state index contributed by atoms with van der Waals surface area (Å²) in [6, 6.07) is 12.1. The van der Waals surface area contributed by atoms with Crippen molar-refractivity contribution in [3.8, 4) is 6.07 Å². The first-order valence-corrected chi connectivity index (χ1v) is 10.6. The number of fused-ring (bicyclic) bond motifs is 1. The van der Waals surface area contributed by atoms with Gasteiger partial charge in [0, 0.05) is 29.9 Å². The van der Waals surface area contributed by atoms with E-state index < -0.39 is 17.5 Å². The van der Waals surface area contributed by atoms with Crippen LogP contribution in [0.4, 0.5) is 26.5 Å². The molecule has 172 valence electrons. The Morgan fingerprint density at radius 3 is 2.73 bits per heavy atom. The zero-order valence-electron chi connectivity index (χ0n) is 19.1. The van der Waals surface area contributed by atoms with Crippen LogP contribution in [0, 0.1) is 17.1 Å². The van der Waals surface area contributed by atoms with Crippen LogP contribution in [-0.4, -0.2) is 34.2 Å². The molecular weight excluding hydrogens is 423 g/mol. The summed E-state index contributed by atoms with van der Waals surface area (Å²) >= 11 is 0. The van der Waals surface area contributed by atoms with Gasteiger partial charge in [-0.05, 0) is 57.5 Å². The van der Waals surface area contributed by atoms with Gasteiger partial charge in [-0.15, -0.1) is 0 Å². The van der Waals surface area contributed by atoms with E-state index in [-0.39, 0.29) is 29.8 Å². The Bertz CT molecular complexity index is 1190. The molecule has 0 saturated heterocycles. The molecule has 2 heterocycles. The molecule has 0 aliphatic rings. The smallest absolute Gasteiger partial charge is 0.407 e. The van der Waals surface area contributed by atoms with Crippen LogP contribution in [-0.2, 0) is 4.74 Å². The van der Waals surface area contributed by atoms with E-state index in [1.165, 1.54) is 0 Å². The largest absolute Gasteiger partial charge is 0.444 e. The van der Waals surface area contributed by atoms with Crippen LogP contribution in [0.1, 0.15) is 39.7 Å². The number of carbonyl (C=O) groups is 1. The number of nitrogens with one attached hydrogen (secondary N) is 3. The average Bonchev–Trinajstić information content (AvgIpc) is 2.77. The van der Waals surface area contributed by atoms with Gasteiger partial charge in [0.1, 0.15) is 11.7 Å². The van der Waals surface area contributed by atoms with Crippen molar-refractivity contribution in [2.45, 2.75) is 45.8 Å². The predicted octanol–water partition coefficient (Wildman–Crippen LogP) is 5.10. The highest BCUT2D eigenvalue weighted by Crippen LogP contribution is 2.25. The quantitative estimate of drug-likeness (QED) is 0.459. The van der Waals surface area contributed by atoms with Crippen LogP contribution >= 0.6 is 0 Å². The average molecular weight is 451 g/mol. The number of ether oxygens (including phenoxy) is 1. The van der Waals surface area contributed by atoms with Gasteiger partial charge in [0.2, 0.25) is 0 Å². The highest BCUT2D eigenvalue weighted by molar-refractivity contribution is 5.83. The number of benzene rings is 1. The van der Waals surface area contributed by atoms with Crippen molar-refractivity contribution in [3.63, 3.8) is 0 Å². The van der Waals surface area contributed by atoms with Gasteiger partial charge < -0.3 is 20.7 Å². The third kappa shape index (κ3) is 6.53. The van der Waals surface area contributed by atoms with E-state index in [1.54, 1.807) is 27.0 Å². The predicted molar refractivity (Wildman–Crippen MR) is 126 cm³/mol. The van der Waals surface area contributed by atoms with Gasteiger partial charge in [0.05, 0.1) is 11.1 Å². The molecule has 9 heteroatoms. The Hall–Kier alpha value is -3.93. The summed E-state index contributed by atoms with van der Waals surface area (Å²) < 4.78 is 19.9. The molecule has 0 bridgehead atoms. The Morgan fingerprint density at radius 2 is 2.03 bits per heavy atom. The molecule has 1 aromatic carbocycles. The number of anilines is 3. The second-order valence-electron chi connectivity index (χ2n) is 8.49. The summed E-state index contributed by atoms with van der Waals surface area (Å²) in [7, 11) is 0. The number of nitrogens with zero attached hydrogens (tertiary/aromatic N) is 3. The van der Waals surface area contributed by atoms with Gasteiger partial charge in [-0.25, -0.2) is 14.2 Å². The van der Waals surface area contributed by atoms with Crippen molar-refractivity contribution >= 4 is 34.3 Å². The van der Waals surface area contributed by atoms with Crippen LogP contribution in [0.3, 0.4) is 0 Å². The number of hydrogen-bond donors (Lipinski definition) is 3. The van der Waals surface area contributed by atoms with Gasteiger partial charge >= 0.3 is 6.09 Å². The fraction of sp³-hybridized carbons (Fsp3) is 0.333. The first-order valence-electron chi connectivity index (χ1n) is 10.6. The van der Waals surface area contributed by atoms with Crippen LogP contribution in [0.2, 0.25) is 0 Å². The lowest BCUT2D eigenvalue weighted by Crippen LogP contribution is -2.39. The minimum atomic E-state index is -0.657. The summed E-state index contributed by atoms with van der Waals surface area (Å²) in [5.41, 5.74) is 0.987. The first-order chi connectivity index (χ1) is 15.7. The van der Waals surface area contributed by atoms with Crippen molar-refractivity contribution in [2.75, 3.05) is 17.2 Å². The number of hydrogen-bond acceptors (Lipinski definition) is 7. The lowest BCUT2D eigenvalue weighted by Gasteiger charge is -2.22. The van der Waals surface area contributed by atoms with Crippen LogP contribution < -0.4 is 16.0 Å². The normalized spacial score (nSPS) is 12.0. The van der Waals surface area contributed by atoms with Gasteiger partial charge in [0.25, 0.3) is 0 Å². The molecule has 0 aliphatic carbocycles.